The number of carbonyl (C=O) groups is 2. The van der Waals surface area contributed by atoms with E-state index in [9.17, 15) is 9.59 Å². The van der Waals surface area contributed by atoms with Crippen molar-refractivity contribution in [2.75, 3.05) is 20.3 Å². The molecule has 0 unspecified atom stereocenters. The summed E-state index contributed by atoms with van der Waals surface area (Å²) in [5.74, 6) is -0.505. The standard InChI is InChI=1S/C19H21N5O3/c1-27-11-5-9-21-19(26)17-23-16(15-7-2-3-10-24(15)17)18(25)22-13-14-6-4-8-20-12-14/h2-4,6-8,10,12H,5,9,11,13H2,1H3,(H,21,26)(H,22,25). The number of fused-ring (bicyclic) bond motifs is 1. The summed E-state index contributed by atoms with van der Waals surface area (Å²) in [6.07, 6.45) is 5.77. The van der Waals surface area contributed by atoms with Crippen LogP contribution in [0.25, 0.3) is 5.52 Å². The van der Waals surface area contributed by atoms with Crippen LogP contribution in [0.1, 0.15) is 33.1 Å². The van der Waals surface area contributed by atoms with Crippen molar-refractivity contribution in [1.29, 1.82) is 0 Å². The number of hydrogen-bond acceptors (Lipinski definition) is 5. The van der Waals surface area contributed by atoms with Crippen LogP contribution in [0.2, 0.25) is 0 Å². The number of pyridine rings is 2. The Balaban J connectivity index is 1.77. The fraction of sp³-hybridized carbons (Fsp3) is 0.263. The number of amides is 2. The van der Waals surface area contributed by atoms with Gasteiger partial charge in [0.05, 0.1) is 5.52 Å². The Bertz CT molecular complexity index is 923. The molecule has 0 saturated carbocycles. The predicted octanol–water partition coefficient (Wildman–Crippen LogP) is 1.43. The summed E-state index contributed by atoms with van der Waals surface area (Å²) < 4.78 is 6.58. The molecule has 8 nitrogen and oxygen atoms in total. The van der Waals surface area contributed by atoms with E-state index in [1.165, 1.54) is 0 Å². The lowest BCUT2D eigenvalue weighted by atomic mass is 10.2. The minimum Gasteiger partial charge on any atom is -0.385 e. The number of nitrogens with zero attached hydrogens (tertiary/aromatic N) is 3. The van der Waals surface area contributed by atoms with Crippen LogP contribution in [0.15, 0.2) is 48.9 Å². The highest BCUT2D eigenvalue weighted by molar-refractivity contribution is 6.02. The number of rotatable bonds is 8. The molecule has 0 atom stereocenters. The first-order valence-corrected chi connectivity index (χ1v) is 8.62. The molecule has 3 rings (SSSR count). The van der Waals surface area contributed by atoms with E-state index in [4.69, 9.17) is 4.74 Å². The van der Waals surface area contributed by atoms with Crippen LogP contribution in [0.3, 0.4) is 0 Å². The van der Waals surface area contributed by atoms with E-state index >= 15 is 0 Å². The van der Waals surface area contributed by atoms with E-state index in [0.717, 1.165) is 5.56 Å². The summed E-state index contributed by atoms with van der Waals surface area (Å²) in [6, 6.07) is 9.02. The fourth-order valence-corrected chi connectivity index (χ4v) is 2.63. The second-order valence-corrected chi connectivity index (χ2v) is 5.89. The molecule has 0 spiro atoms. The van der Waals surface area contributed by atoms with E-state index in [0.29, 0.717) is 31.6 Å². The molecule has 0 bridgehead atoms. The second-order valence-electron chi connectivity index (χ2n) is 5.89. The number of imidazole rings is 1. The Hall–Kier alpha value is -3.26. The average Bonchev–Trinajstić information content (AvgIpc) is 3.10. The molecule has 3 heterocycles. The molecule has 0 aliphatic carbocycles. The molecule has 27 heavy (non-hydrogen) atoms. The molecule has 3 aromatic rings. The van der Waals surface area contributed by atoms with Crippen molar-refractivity contribution in [1.82, 2.24) is 25.0 Å². The predicted molar refractivity (Wildman–Crippen MR) is 99.4 cm³/mol. The van der Waals surface area contributed by atoms with E-state index in [1.807, 2.05) is 6.07 Å². The van der Waals surface area contributed by atoms with Gasteiger partial charge in [0.25, 0.3) is 11.8 Å². The summed E-state index contributed by atoms with van der Waals surface area (Å²) in [6.45, 7) is 1.36. The molecule has 0 aliphatic rings. The minimum atomic E-state index is -0.346. The monoisotopic (exact) mass is 367 g/mol. The molecule has 0 aliphatic heterocycles. The minimum absolute atomic E-state index is 0.176. The first-order chi connectivity index (χ1) is 13.2. The summed E-state index contributed by atoms with van der Waals surface area (Å²) >= 11 is 0. The van der Waals surface area contributed by atoms with E-state index in [2.05, 4.69) is 20.6 Å². The van der Waals surface area contributed by atoms with Crippen molar-refractivity contribution >= 4 is 17.3 Å². The Morgan fingerprint density at radius 3 is 2.81 bits per heavy atom. The lowest BCUT2D eigenvalue weighted by Gasteiger charge is -2.03. The summed E-state index contributed by atoms with van der Waals surface area (Å²) in [5, 5.41) is 5.61. The molecule has 2 amide bonds. The Labute approximate surface area is 156 Å². The van der Waals surface area contributed by atoms with Gasteiger partial charge < -0.3 is 15.4 Å². The SMILES string of the molecule is COCCCNC(=O)c1nc(C(=O)NCc2cccnc2)c2ccccn12. The lowest BCUT2D eigenvalue weighted by molar-refractivity contribution is 0.0937. The maximum atomic E-state index is 12.6. The van der Waals surface area contributed by atoms with Gasteiger partial charge in [0.1, 0.15) is 0 Å². The smallest absolute Gasteiger partial charge is 0.287 e. The number of aromatic nitrogens is 3. The van der Waals surface area contributed by atoms with Gasteiger partial charge in [-0.15, -0.1) is 0 Å². The largest absolute Gasteiger partial charge is 0.385 e. The molecule has 2 N–H and O–H groups in total. The zero-order valence-corrected chi connectivity index (χ0v) is 15.0. The Kier molecular flexibility index (Phi) is 6.11. The van der Waals surface area contributed by atoms with Crippen molar-refractivity contribution in [2.45, 2.75) is 13.0 Å². The summed E-state index contributed by atoms with van der Waals surface area (Å²) in [7, 11) is 1.61. The normalized spacial score (nSPS) is 10.7. The zero-order valence-electron chi connectivity index (χ0n) is 15.0. The van der Waals surface area contributed by atoms with Gasteiger partial charge in [0, 0.05) is 45.4 Å². The highest BCUT2D eigenvalue weighted by Crippen LogP contribution is 2.13. The second kappa shape index (κ2) is 8.91. The Morgan fingerprint density at radius 1 is 1.15 bits per heavy atom. The van der Waals surface area contributed by atoms with Crippen molar-refractivity contribution in [3.63, 3.8) is 0 Å². The fourth-order valence-electron chi connectivity index (χ4n) is 2.63. The number of ether oxygens (including phenoxy) is 1. The number of hydrogen-bond donors (Lipinski definition) is 2. The van der Waals surface area contributed by atoms with Crippen LogP contribution in [-0.2, 0) is 11.3 Å². The van der Waals surface area contributed by atoms with Crippen LogP contribution >= 0.6 is 0 Å². The van der Waals surface area contributed by atoms with Gasteiger partial charge in [-0.05, 0) is 30.2 Å². The van der Waals surface area contributed by atoms with Crippen molar-refractivity contribution in [3.05, 3.63) is 66.0 Å². The van der Waals surface area contributed by atoms with Gasteiger partial charge >= 0.3 is 0 Å². The topological polar surface area (TPSA) is 97.6 Å². The number of carbonyl (C=O) groups excluding carboxylic acids is 2. The van der Waals surface area contributed by atoms with Gasteiger partial charge in [0.15, 0.2) is 5.69 Å². The molecule has 0 aromatic carbocycles. The third kappa shape index (κ3) is 4.48. The van der Waals surface area contributed by atoms with Crippen molar-refractivity contribution in [2.24, 2.45) is 0 Å². The highest BCUT2D eigenvalue weighted by atomic mass is 16.5. The van der Waals surface area contributed by atoms with Gasteiger partial charge in [-0.25, -0.2) is 4.98 Å². The zero-order chi connectivity index (χ0) is 19.1. The molecule has 0 saturated heterocycles. The van der Waals surface area contributed by atoms with Crippen LogP contribution < -0.4 is 10.6 Å². The molecule has 3 aromatic heterocycles. The number of methoxy groups -OCH3 is 1. The third-order valence-electron chi connectivity index (χ3n) is 3.95. The van der Waals surface area contributed by atoms with Crippen molar-refractivity contribution in [3.8, 4) is 0 Å². The first kappa shape index (κ1) is 18.5. The summed E-state index contributed by atoms with van der Waals surface area (Å²) in [5.41, 5.74) is 1.66. The Morgan fingerprint density at radius 2 is 2.04 bits per heavy atom. The van der Waals surface area contributed by atoms with E-state index < -0.39 is 0 Å². The average molecular weight is 367 g/mol. The third-order valence-corrected chi connectivity index (χ3v) is 3.95. The van der Waals surface area contributed by atoms with Crippen molar-refractivity contribution < 1.29 is 14.3 Å². The van der Waals surface area contributed by atoms with Gasteiger partial charge in [-0.3, -0.25) is 19.0 Å². The molecule has 0 radical (unpaired) electrons. The van der Waals surface area contributed by atoms with Gasteiger partial charge in [0.2, 0.25) is 5.82 Å². The maximum absolute atomic E-state index is 12.6. The van der Waals surface area contributed by atoms with E-state index in [-0.39, 0.29) is 23.3 Å². The van der Waals surface area contributed by atoms with Crippen LogP contribution in [0.4, 0.5) is 0 Å². The highest BCUT2D eigenvalue weighted by Gasteiger charge is 2.21. The molecular weight excluding hydrogens is 346 g/mol. The molecule has 140 valence electrons. The van der Waals surface area contributed by atoms with Crippen LogP contribution in [0, 0.1) is 0 Å². The quantitative estimate of drug-likeness (QED) is 0.587. The molecule has 0 fully saturated rings. The number of nitrogens with one attached hydrogen (secondary N) is 2. The van der Waals surface area contributed by atoms with Gasteiger partial charge in [-0.1, -0.05) is 12.1 Å². The first-order valence-electron chi connectivity index (χ1n) is 8.62. The van der Waals surface area contributed by atoms with Crippen LogP contribution in [0.5, 0.6) is 0 Å². The maximum Gasteiger partial charge on any atom is 0.287 e. The lowest BCUT2D eigenvalue weighted by Crippen LogP contribution is -2.27. The molecular formula is C19H21N5O3. The summed E-state index contributed by atoms with van der Waals surface area (Å²) in [4.78, 5) is 33.4. The van der Waals surface area contributed by atoms with Crippen LogP contribution in [-0.4, -0.2) is 46.4 Å². The van der Waals surface area contributed by atoms with E-state index in [1.54, 1.807) is 54.4 Å². The van der Waals surface area contributed by atoms with Gasteiger partial charge in [-0.2, -0.15) is 0 Å². The molecule has 8 heteroatoms.